The van der Waals surface area contributed by atoms with Gasteiger partial charge in [0.25, 0.3) is 0 Å². The van der Waals surface area contributed by atoms with Crippen LogP contribution in [-0.2, 0) is 27.1 Å². The Morgan fingerprint density at radius 3 is 2.47 bits per heavy atom. The molecule has 1 saturated heterocycles. The van der Waals surface area contributed by atoms with Gasteiger partial charge in [0.2, 0.25) is 0 Å². The summed E-state index contributed by atoms with van der Waals surface area (Å²) in [5.74, 6) is -1.21. The number of hydrogen-bond acceptors (Lipinski definition) is 4. The topological polar surface area (TPSA) is 52.6 Å². The molecule has 3 rings (SSSR count). The van der Waals surface area contributed by atoms with Crippen LogP contribution < -0.4 is 0 Å². The Bertz CT molecular complexity index is 896. The van der Waals surface area contributed by atoms with Crippen LogP contribution in [0.25, 0.3) is 0 Å². The Kier molecular flexibility index (Phi) is 7.38. The summed E-state index contributed by atoms with van der Waals surface area (Å²) in [5, 5.41) is 0. The number of ether oxygens (including phenoxy) is 2. The number of rotatable bonds is 7. The number of benzene rings is 2. The number of hydrogen-bond donors (Lipinski definition) is 0. The molecule has 0 bridgehead atoms. The van der Waals surface area contributed by atoms with Gasteiger partial charge in [0.15, 0.2) is 0 Å². The number of esters is 1. The first-order valence-corrected chi connectivity index (χ1v) is 10.6. The second-order valence-corrected chi connectivity index (χ2v) is 8.01. The quantitative estimate of drug-likeness (QED) is 0.580. The zero-order valence-electron chi connectivity index (χ0n) is 17.9. The third-order valence-electron chi connectivity index (χ3n) is 5.52. The van der Waals surface area contributed by atoms with Crippen molar-refractivity contribution in [3.8, 4) is 0 Å². The molecule has 1 aliphatic heterocycles. The average Bonchev–Trinajstić information content (AvgIpc) is 2.72. The lowest BCUT2D eigenvalue weighted by atomic mass is 9.98. The zero-order chi connectivity index (χ0) is 21.7. The van der Waals surface area contributed by atoms with Crippen molar-refractivity contribution in [2.45, 2.75) is 65.1 Å². The minimum Gasteiger partial charge on any atom is -0.456 e. The number of ketones is 1. The Hall–Kier alpha value is -2.53. The number of Topliss-reactive ketones (excluding diaryl/α,β-unsaturated/α-hetero) is 1. The van der Waals surface area contributed by atoms with Crippen molar-refractivity contribution in [3.05, 3.63) is 70.0 Å². The molecule has 2 unspecified atom stereocenters. The summed E-state index contributed by atoms with van der Waals surface area (Å²) in [7, 11) is 0. The third kappa shape index (κ3) is 5.33. The van der Waals surface area contributed by atoms with E-state index >= 15 is 0 Å². The van der Waals surface area contributed by atoms with Crippen LogP contribution in [-0.4, -0.2) is 24.5 Å². The molecule has 0 aromatic heterocycles. The second-order valence-electron chi connectivity index (χ2n) is 8.01. The molecule has 0 radical (unpaired) electrons. The van der Waals surface area contributed by atoms with E-state index in [9.17, 15) is 14.0 Å². The van der Waals surface area contributed by atoms with Crippen molar-refractivity contribution < 1.29 is 23.5 Å². The van der Waals surface area contributed by atoms with Gasteiger partial charge in [-0.2, -0.15) is 0 Å². The van der Waals surface area contributed by atoms with Crippen LogP contribution in [0.5, 0.6) is 0 Å². The predicted molar refractivity (Wildman–Crippen MR) is 113 cm³/mol. The molecule has 2 aromatic rings. The zero-order valence-corrected chi connectivity index (χ0v) is 17.9. The number of aryl methyl sites for hydroxylation is 1. The molecule has 0 aliphatic carbocycles. The average molecular weight is 413 g/mol. The molecule has 5 heteroatoms. The molecule has 1 heterocycles. The van der Waals surface area contributed by atoms with Crippen molar-refractivity contribution in [1.29, 1.82) is 0 Å². The van der Waals surface area contributed by atoms with Crippen LogP contribution in [0.4, 0.5) is 4.39 Å². The van der Waals surface area contributed by atoms with Gasteiger partial charge in [-0.25, -0.2) is 9.18 Å². The number of carbonyl (C=O) groups is 2. The van der Waals surface area contributed by atoms with Crippen LogP contribution in [0.2, 0.25) is 0 Å². The van der Waals surface area contributed by atoms with Crippen molar-refractivity contribution in [3.63, 3.8) is 0 Å². The number of carbonyl (C=O) groups excluding carboxylic acids is 2. The van der Waals surface area contributed by atoms with E-state index in [2.05, 4.69) is 31.2 Å². The van der Waals surface area contributed by atoms with Gasteiger partial charge < -0.3 is 9.47 Å². The van der Waals surface area contributed by atoms with Crippen molar-refractivity contribution in [2.24, 2.45) is 0 Å². The summed E-state index contributed by atoms with van der Waals surface area (Å²) >= 11 is 0. The predicted octanol–water partition coefficient (Wildman–Crippen LogP) is 5.30. The van der Waals surface area contributed by atoms with Crippen molar-refractivity contribution >= 4 is 11.8 Å². The largest absolute Gasteiger partial charge is 0.456 e. The van der Waals surface area contributed by atoms with Gasteiger partial charge in [0.05, 0.1) is 18.3 Å². The third-order valence-corrected chi connectivity index (χ3v) is 5.52. The van der Waals surface area contributed by atoms with Crippen LogP contribution in [0, 0.1) is 12.7 Å². The molecule has 2 aromatic carbocycles. The van der Waals surface area contributed by atoms with Crippen LogP contribution in [0.15, 0.2) is 36.4 Å². The second kappa shape index (κ2) is 9.98. The van der Waals surface area contributed by atoms with E-state index in [1.165, 1.54) is 31.5 Å². The van der Waals surface area contributed by atoms with Gasteiger partial charge in [0.1, 0.15) is 17.7 Å². The molecule has 30 heavy (non-hydrogen) atoms. The Labute approximate surface area is 177 Å². The fourth-order valence-corrected chi connectivity index (χ4v) is 3.85. The maximum absolute atomic E-state index is 14.5. The molecule has 0 spiro atoms. The van der Waals surface area contributed by atoms with E-state index < -0.39 is 11.8 Å². The van der Waals surface area contributed by atoms with Crippen molar-refractivity contribution in [1.82, 2.24) is 0 Å². The van der Waals surface area contributed by atoms with E-state index in [0.717, 1.165) is 24.8 Å². The highest BCUT2D eigenvalue weighted by molar-refractivity contribution is 5.91. The molecule has 4 nitrogen and oxygen atoms in total. The van der Waals surface area contributed by atoms with Crippen LogP contribution in [0.1, 0.15) is 71.8 Å². The Morgan fingerprint density at radius 2 is 1.87 bits per heavy atom. The van der Waals surface area contributed by atoms with Crippen molar-refractivity contribution in [2.75, 3.05) is 6.61 Å². The highest BCUT2D eigenvalue weighted by atomic mass is 19.1. The van der Waals surface area contributed by atoms with Crippen LogP contribution in [0.3, 0.4) is 0 Å². The first-order chi connectivity index (χ1) is 14.4. The Morgan fingerprint density at radius 1 is 1.13 bits per heavy atom. The van der Waals surface area contributed by atoms with E-state index in [1.54, 1.807) is 0 Å². The molecule has 0 N–H and O–H groups in total. The van der Waals surface area contributed by atoms with E-state index in [1.807, 2.05) is 0 Å². The minimum absolute atomic E-state index is 0.000624. The molecule has 160 valence electrons. The highest BCUT2D eigenvalue weighted by Crippen LogP contribution is 2.30. The first kappa shape index (κ1) is 22.2. The summed E-state index contributed by atoms with van der Waals surface area (Å²) < 4.78 is 26.0. The summed E-state index contributed by atoms with van der Waals surface area (Å²) in [6.07, 6.45) is 3.30. The lowest BCUT2D eigenvalue weighted by Gasteiger charge is -2.29. The molecule has 1 fully saturated rings. The smallest absolute Gasteiger partial charge is 0.338 e. The minimum atomic E-state index is -0.559. The van der Waals surface area contributed by atoms with Gasteiger partial charge in [0, 0.05) is 6.42 Å². The fraction of sp³-hybridized carbons (Fsp3) is 0.440. The summed E-state index contributed by atoms with van der Waals surface area (Å²) in [5.41, 5.74) is 3.15. The molecule has 1 aliphatic rings. The van der Waals surface area contributed by atoms with E-state index in [0.29, 0.717) is 18.6 Å². The summed E-state index contributed by atoms with van der Waals surface area (Å²) in [6.45, 7) is 5.42. The maximum Gasteiger partial charge on any atom is 0.338 e. The van der Waals surface area contributed by atoms with Gasteiger partial charge in [-0.05, 0) is 61.4 Å². The highest BCUT2D eigenvalue weighted by Gasteiger charge is 2.27. The number of halogens is 1. The Balaban J connectivity index is 1.57. The fourth-order valence-electron chi connectivity index (χ4n) is 3.85. The maximum atomic E-state index is 14.5. The van der Waals surface area contributed by atoms with Crippen LogP contribution >= 0.6 is 0 Å². The van der Waals surface area contributed by atoms with Gasteiger partial charge in [-0.3, -0.25) is 4.79 Å². The lowest BCUT2D eigenvalue weighted by molar-refractivity contribution is -0.116. The standard InChI is InChI=1S/C25H29FO4/c1-4-5-18-6-8-19(9-7-18)23-13-11-21(15-29-23)30-25(28)22-12-10-20(14-16(2)27)24(26)17(22)3/h6-10,12,21,23H,4-5,11,13-15H2,1-3H3. The molecular formula is C25H29FO4. The lowest BCUT2D eigenvalue weighted by Crippen LogP contribution is -2.30. The summed E-state index contributed by atoms with van der Waals surface area (Å²) in [4.78, 5) is 23.8. The van der Waals surface area contributed by atoms with E-state index in [-0.39, 0.29) is 35.5 Å². The normalized spacial score (nSPS) is 18.8. The van der Waals surface area contributed by atoms with Gasteiger partial charge >= 0.3 is 5.97 Å². The molecule has 2 atom stereocenters. The van der Waals surface area contributed by atoms with Gasteiger partial charge in [-0.15, -0.1) is 0 Å². The molecule has 0 amide bonds. The molecule has 0 saturated carbocycles. The summed E-state index contributed by atoms with van der Waals surface area (Å²) in [6, 6.07) is 11.5. The van der Waals surface area contributed by atoms with Gasteiger partial charge in [-0.1, -0.05) is 43.7 Å². The monoisotopic (exact) mass is 412 g/mol. The first-order valence-electron chi connectivity index (χ1n) is 10.6. The SMILES string of the molecule is CCCc1ccc(C2CCC(OC(=O)c3ccc(CC(C)=O)c(F)c3C)CO2)cc1. The molecular weight excluding hydrogens is 383 g/mol. The van der Waals surface area contributed by atoms with E-state index in [4.69, 9.17) is 9.47 Å².